The Morgan fingerprint density at radius 3 is 2.67 bits per heavy atom. The molecule has 1 heterocycles. The van der Waals surface area contributed by atoms with Crippen LogP contribution in [0.5, 0.6) is 0 Å². The molecule has 2 nitrogen and oxygen atoms in total. The monoisotopic (exact) mass is 147 g/mol. The van der Waals surface area contributed by atoms with E-state index in [1.165, 1.54) is 0 Å². The summed E-state index contributed by atoms with van der Waals surface area (Å²) in [6.07, 6.45) is 0. The van der Waals surface area contributed by atoms with E-state index in [0.717, 1.165) is 6.54 Å². The smallest absolute Gasteiger partial charge is 0.0773 e. The number of rotatable bonds is 1. The van der Waals surface area contributed by atoms with Crippen LogP contribution in [0.1, 0.15) is 13.8 Å². The molecule has 0 aromatic carbocycles. The topological polar surface area (TPSA) is 32.3 Å². The Balaban J connectivity index is 2.38. The zero-order valence-corrected chi connectivity index (χ0v) is 6.66. The van der Waals surface area contributed by atoms with Crippen molar-refractivity contribution in [2.24, 2.45) is 0 Å². The SMILES string of the molecule is CC1(C)CNC(CO)S1. The van der Waals surface area contributed by atoms with Crippen molar-refractivity contribution in [1.29, 1.82) is 0 Å². The third-order valence-corrected chi connectivity index (χ3v) is 2.77. The van der Waals surface area contributed by atoms with Crippen LogP contribution in [0.3, 0.4) is 0 Å². The summed E-state index contributed by atoms with van der Waals surface area (Å²) in [5.74, 6) is 0. The highest BCUT2D eigenvalue weighted by Crippen LogP contribution is 2.31. The summed E-state index contributed by atoms with van der Waals surface area (Å²) in [7, 11) is 0. The summed E-state index contributed by atoms with van der Waals surface area (Å²) >= 11 is 1.81. The van der Waals surface area contributed by atoms with Crippen LogP contribution in [0.15, 0.2) is 0 Å². The fourth-order valence-electron chi connectivity index (χ4n) is 0.930. The van der Waals surface area contributed by atoms with E-state index in [2.05, 4.69) is 19.2 Å². The number of aliphatic hydroxyl groups is 1. The fraction of sp³-hybridized carbons (Fsp3) is 1.00. The zero-order valence-electron chi connectivity index (χ0n) is 5.85. The number of hydrogen-bond donors (Lipinski definition) is 2. The van der Waals surface area contributed by atoms with Gasteiger partial charge in [0.2, 0.25) is 0 Å². The summed E-state index contributed by atoms with van der Waals surface area (Å²) in [4.78, 5) is 0. The molecule has 1 saturated heterocycles. The van der Waals surface area contributed by atoms with Crippen molar-refractivity contribution in [2.45, 2.75) is 24.0 Å². The molecule has 0 bridgehead atoms. The largest absolute Gasteiger partial charge is 0.394 e. The molecule has 54 valence electrons. The second-order valence-electron chi connectivity index (χ2n) is 2.93. The van der Waals surface area contributed by atoms with Crippen LogP contribution in [-0.4, -0.2) is 28.4 Å². The van der Waals surface area contributed by atoms with E-state index < -0.39 is 0 Å². The highest BCUT2D eigenvalue weighted by molar-refractivity contribution is 8.01. The van der Waals surface area contributed by atoms with Crippen LogP contribution in [0, 0.1) is 0 Å². The molecular formula is C6H13NOS. The number of hydrogen-bond acceptors (Lipinski definition) is 3. The summed E-state index contributed by atoms with van der Waals surface area (Å²) in [6.45, 7) is 5.61. The molecule has 0 saturated carbocycles. The molecule has 0 aliphatic carbocycles. The molecule has 1 fully saturated rings. The predicted octanol–water partition coefficient (Wildman–Crippen LogP) is 0.420. The van der Waals surface area contributed by atoms with E-state index in [1.54, 1.807) is 11.8 Å². The van der Waals surface area contributed by atoms with Crippen LogP contribution in [0.4, 0.5) is 0 Å². The lowest BCUT2D eigenvalue weighted by molar-refractivity contribution is 0.284. The van der Waals surface area contributed by atoms with E-state index in [1.807, 2.05) is 0 Å². The van der Waals surface area contributed by atoms with Crippen molar-refractivity contribution >= 4 is 11.8 Å². The Hall–Kier alpha value is 0.270. The lowest BCUT2D eigenvalue weighted by atomic mass is 10.2. The van der Waals surface area contributed by atoms with Crippen LogP contribution >= 0.6 is 11.8 Å². The lowest BCUT2D eigenvalue weighted by Gasteiger charge is -2.13. The van der Waals surface area contributed by atoms with E-state index >= 15 is 0 Å². The van der Waals surface area contributed by atoms with Crippen molar-refractivity contribution in [3.63, 3.8) is 0 Å². The van der Waals surface area contributed by atoms with Gasteiger partial charge in [-0.05, 0) is 13.8 Å². The van der Waals surface area contributed by atoms with Crippen molar-refractivity contribution in [3.05, 3.63) is 0 Å². The van der Waals surface area contributed by atoms with Gasteiger partial charge >= 0.3 is 0 Å². The number of nitrogens with one attached hydrogen (secondary N) is 1. The maximum atomic E-state index is 8.71. The Labute approximate surface area is 60.0 Å². The van der Waals surface area contributed by atoms with Gasteiger partial charge in [-0.3, -0.25) is 0 Å². The molecule has 1 unspecified atom stereocenters. The Morgan fingerprint density at radius 1 is 1.78 bits per heavy atom. The van der Waals surface area contributed by atoms with Crippen molar-refractivity contribution in [3.8, 4) is 0 Å². The van der Waals surface area contributed by atoms with Crippen LogP contribution in [0.25, 0.3) is 0 Å². The average Bonchev–Trinajstić information content (AvgIpc) is 2.10. The molecule has 9 heavy (non-hydrogen) atoms. The molecule has 0 amide bonds. The first-order chi connectivity index (χ1) is 4.14. The predicted molar refractivity (Wildman–Crippen MR) is 40.5 cm³/mol. The Kier molecular flexibility index (Phi) is 2.03. The third kappa shape index (κ3) is 1.85. The minimum atomic E-state index is 0.244. The molecule has 1 rings (SSSR count). The van der Waals surface area contributed by atoms with Gasteiger partial charge in [-0.2, -0.15) is 0 Å². The molecule has 2 N–H and O–H groups in total. The molecule has 0 aromatic rings. The zero-order chi connectivity index (χ0) is 6.91. The summed E-state index contributed by atoms with van der Waals surface area (Å²) in [5.41, 5.74) is 0. The van der Waals surface area contributed by atoms with Gasteiger partial charge in [-0.15, -0.1) is 11.8 Å². The molecule has 1 aliphatic heterocycles. The molecule has 0 spiro atoms. The van der Waals surface area contributed by atoms with E-state index in [0.29, 0.717) is 4.75 Å². The van der Waals surface area contributed by atoms with Crippen molar-refractivity contribution in [2.75, 3.05) is 13.2 Å². The molecule has 1 aliphatic rings. The lowest BCUT2D eigenvalue weighted by Crippen LogP contribution is -2.25. The van der Waals surface area contributed by atoms with E-state index in [4.69, 9.17) is 5.11 Å². The average molecular weight is 147 g/mol. The fourth-order valence-corrected chi connectivity index (χ4v) is 2.11. The normalized spacial score (nSPS) is 33.0. The first-order valence-electron chi connectivity index (χ1n) is 3.16. The maximum Gasteiger partial charge on any atom is 0.0773 e. The number of aliphatic hydroxyl groups excluding tert-OH is 1. The van der Waals surface area contributed by atoms with Gasteiger partial charge in [-0.25, -0.2) is 0 Å². The van der Waals surface area contributed by atoms with Crippen molar-refractivity contribution in [1.82, 2.24) is 5.32 Å². The summed E-state index contributed by atoms with van der Waals surface area (Å²) < 4.78 is 0.313. The summed E-state index contributed by atoms with van der Waals surface area (Å²) in [5, 5.41) is 12.2. The van der Waals surface area contributed by atoms with Crippen LogP contribution in [-0.2, 0) is 0 Å². The van der Waals surface area contributed by atoms with Gasteiger partial charge in [0, 0.05) is 11.3 Å². The van der Waals surface area contributed by atoms with Gasteiger partial charge in [0.1, 0.15) is 0 Å². The van der Waals surface area contributed by atoms with E-state index in [9.17, 15) is 0 Å². The van der Waals surface area contributed by atoms with E-state index in [-0.39, 0.29) is 12.0 Å². The van der Waals surface area contributed by atoms with Crippen molar-refractivity contribution < 1.29 is 5.11 Å². The molecule has 3 heteroatoms. The first-order valence-corrected chi connectivity index (χ1v) is 4.04. The second-order valence-corrected chi connectivity index (χ2v) is 4.84. The Bertz CT molecular complexity index is 105. The third-order valence-electron chi connectivity index (χ3n) is 1.38. The minimum absolute atomic E-state index is 0.244. The van der Waals surface area contributed by atoms with Gasteiger partial charge in [0.15, 0.2) is 0 Å². The second kappa shape index (κ2) is 2.48. The van der Waals surface area contributed by atoms with Crippen LogP contribution in [0.2, 0.25) is 0 Å². The highest BCUT2D eigenvalue weighted by atomic mass is 32.2. The maximum absolute atomic E-state index is 8.71. The van der Waals surface area contributed by atoms with Gasteiger partial charge in [0.25, 0.3) is 0 Å². The minimum Gasteiger partial charge on any atom is -0.394 e. The molecule has 1 atom stereocenters. The Morgan fingerprint density at radius 2 is 2.44 bits per heavy atom. The standard InChI is InChI=1S/C6H13NOS/c1-6(2)4-7-5(3-8)9-6/h5,7-8H,3-4H2,1-2H3. The van der Waals surface area contributed by atoms with Crippen LogP contribution < -0.4 is 5.32 Å². The quantitative estimate of drug-likeness (QED) is 0.564. The van der Waals surface area contributed by atoms with Gasteiger partial charge in [-0.1, -0.05) is 0 Å². The molecule has 0 radical (unpaired) electrons. The van der Waals surface area contributed by atoms with Gasteiger partial charge < -0.3 is 10.4 Å². The van der Waals surface area contributed by atoms with Gasteiger partial charge in [0.05, 0.1) is 12.0 Å². The summed E-state index contributed by atoms with van der Waals surface area (Å²) in [6, 6.07) is 0. The molecule has 0 aromatic heterocycles. The number of thioether (sulfide) groups is 1. The molecular weight excluding hydrogens is 134 g/mol. The highest BCUT2D eigenvalue weighted by Gasteiger charge is 2.30. The first kappa shape index (κ1) is 7.38.